The van der Waals surface area contributed by atoms with Gasteiger partial charge in [-0.25, -0.2) is 12.8 Å². The van der Waals surface area contributed by atoms with Crippen molar-refractivity contribution in [1.29, 1.82) is 0 Å². The van der Waals surface area contributed by atoms with E-state index in [0.717, 1.165) is 24.0 Å². The van der Waals surface area contributed by atoms with Gasteiger partial charge >= 0.3 is 0 Å². The summed E-state index contributed by atoms with van der Waals surface area (Å²) in [5.74, 6) is -2.23. The molecule has 0 unspecified atom stereocenters. The summed E-state index contributed by atoms with van der Waals surface area (Å²) in [4.78, 5) is 30.2. The van der Waals surface area contributed by atoms with E-state index in [4.69, 9.17) is 0 Å². The van der Waals surface area contributed by atoms with Crippen LogP contribution in [0.5, 0.6) is 5.75 Å². The van der Waals surface area contributed by atoms with E-state index in [1.165, 1.54) is 16.8 Å². The Morgan fingerprint density at radius 1 is 1.12 bits per heavy atom. The highest BCUT2D eigenvalue weighted by Gasteiger charge is 2.24. The van der Waals surface area contributed by atoms with Crippen molar-refractivity contribution in [3.05, 3.63) is 99.7 Å². The van der Waals surface area contributed by atoms with E-state index in [-0.39, 0.29) is 29.1 Å². The molecule has 2 aromatic heterocycles. The number of nitrogens with one attached hydrogen (secondary N) is 1. The molecule has 2 N–H and O–H groups in total. The summed E-state index contributed by atoms with van der Waals surface area (Å²) < 4.78 is 38.9. The number of amides is 1. The molecular formula is C24H20FN3O5S. The Hall–Kier alpha value is -4.05. The Labute approximate surface area is 194 Å². The zero-order valence-corrected chi connectivity index (χ0v) is 18.8. The maximum Gasteiger partial charge on any atom is 0.268 e. The lowest BCUT2D eigenvalue weighted by atomic mass is 10.1. The molecule has 0 spiro atoms. The standard InChI is InChI=1S/C24H20FN3O5S/c1-34(32,33)19-12-17(25)10-9-16(19)13-27-23(30)20-22(29)21-18(8-5-11-26-21)28(24(20)31)14-15-6-3-2-4-7-15/h2-12,29H,13-14H2,1H3,(H,27,30). The van der Waals surface area contributed by atoms with Crippen LogP contribution >= 0.6 is 0 Å². The lowest BCUT2D eigenvalue weighted by Gasteiger charge is -2.15. The molecule has 0 aliphatic carbocycles. The zero-order chi connectivity index (χ0) is 24.5. The summed E-state index contributed by atoms with van der Waals surface area (Å²) in [5, 5.41) is 13.2. The monoisotopic (exact) mass is 481 g/mol. The first-order chi connectivity index (χ1) is 16.2. The Bertz CT molecular complexity index is 1570. The van der Waals surface area contributed by atoms with E-state index < -0.39 is 38.4 Å². The number of sulfone groups is 1. The second-order valence-electron chi connectivity index (χ2n) is 7.68. The van der Waals surface area contributed by atoms with Crippen molar-refractivity contribution in [3.8, 4) is 5.75 Å². The molecule has 0 fully saturated rings. The lowest BCUT2D eigenvalue weighted by Crippen LogP contribution is -2.33. The van der Waals surface area contributed by atoms with Gasteiger partial charge in [0.25, 0.3) is 11.5 Å². The average molecular weight is 482 g/mol. The molecule has 0 bridgehead atoms. The average Bonchev–Trinajstić information content (AvgIpc) is 2.81. The summed E-state index contributed by atoms with van der Waals surface area (Å²) in [6.07, 6.45) is 2.36. The maximum absolute atomic E-state index is 13.6. The number of hydrogen-bond acceptors (Lipinski definition) is 6. The number of hydrogen-bond donors (Lipinski definition) is 2. The van der Waals surface area contributed by atoms with Gasteiger partial charge in [0.15, 0.2) is 15.6 Å². The molecule has 8 nitrogen and oxygen atoms in total. The van der Waals surface area contributed by atoms with Crippen LogP contribution in [0, 0.1) is 5.82 Å². The largest absolute Gasteiger partial charge is 0.505 e. The van der Waals surface area contributed by atoms with Crippen LogP contribution in [-0.4, -0.2) is 35.2 Å². The molecule has 4 rings (SSSR count). The smallest absolute Gasteiger partial charge is 0.268 e. The molecule has 10 heteroatoms. The number of carbonyl (C=O) groups is 1. The molecule has 0 saturated heterocycles. The highest BCUT2D eigenvalue weighted by molar-refractivity contribution is 7.90. The van der Waals surface area contributed by atoms with E-state index in [1.54, 1.807) is 12.1 Å². The van der Waals surface area contributed by atoms with Gasteiger partial charge in [0.2, 0.25) is 0 Å². The van der Waals surface area contributed by atoms with E-state index in [1.807, 2.05) is 30.3 Å². The second-order valence-corrected chi connectivity index (χ2v) is 9.66. The van der Waals surface area contributed by atoms with Crippen LogP contribution in [0.1, 0.15) is 21.5 Å². The van der Waals surface area contributed by atoms with Crippen LogP contribution in [0.3, 0.4) is 0 Å². The summed E-state index contributed by atoms with van der Waals surface area (Å²) in [5.41, 5.74) is 0.105. The first-order valence-corrected chi connectivity index (χ1v) is 12.1. The molecule has 0 radical (unpaired) electrons. The number of benzene rings is 2. The van der Waals surface area contributed by atoms with Crippen LogP contribution in [0.4, 0.5) is 4.39 Å². The number of aromatic hydroxyl groups is 1. The first kappa shape index (κ1) is 23.1. The van der Waals surface area contributed by atoms with Crippen molar-refractivity contribution in [2.24, 2.45) is 0 Å². The van der Waals surface area contributed by atoms with Crippen LogP contribution in [0.15, 0.2) is 76.6 Å². The molecule has 2 aromatic carbocycles. The van der Waals surface area contributed by atoms with Crippen molar-refractivity contribution in [3.63, 3.8) is 0 Å². The normalized spacial score (nSPS) is 11.5. The van der Waals surface area contributed by atoms with Gasteiger partial charge in [-0.2, -0.15) is 0 Å². The molecule has 4 aromatic rings. The van der Waals surface area contributed by atoms with Crippen LogP contribution in [0.2, 0.25) is 0 Å². The zero-order valence-electron chi connectivity index (χ0n) is 18.0. The quantitative estimate of drug-likeness (QED) is 0.437. The van der Waals surface area contributed by atoms with Gasteiger partial charge in [-0.05, 0) is 35.4 Å². The summed E-state index contributed by atoms with van der Waals surface area (Å²) in [7, 11) is -3.77. The number of halogens is 1. The van der Waals surface area contributed by atoms with Crippen molar-refractivity contribution in [2.75, 3.05) is 6.26 Å². The topological polar surface area (TPSA) is 118 Å². The second kappa shape index (κ2) is 9.06. The minimum atomic E-state index is -3.77. The van der Waals surface area contributed by atoms with Gasteiger partial charge in [0.05, 0.1) is 17.0 Å². The number of rotatable bonds is 6. The summed E-state index contributed by atoms with van der Waals surface area (Å²) >= 11 is 0. The maximum atomic E-state index is 13.6. The third-order valence-electron chi connectivity index (χ3n) is 5.28. The van der Waals surface area contributed by atoms with E-state index in [0.29, 0.717) is 5.52 Å². The predicted octanol–water partition coefficient (Wildman–Crippen LogP) is 2.62. The van der Waals surface area contributed by atoms with Gasteiger partial charge in [-0.3, -0.25) is 14.6 Å². The van der Waals surface area contributed by atoms with Crippen LogP contribution < -0.4 is 10.9 Å². The van der Waals surface area contributed by atoms with Gasteiger partial charge < -0.3 is 15.0 Å². The molecule has 0 aliphatic heterocycles. The highest BCUT2D eigenvalue weighted by Crippen LogP contribution is 2.25. The predicted molar refractivity (Wildman–Crippen MR) is 124 cm³/mol. The van der Waals surface area contributed by atoms with E-state index in [2.05, 4.69) is 10.3 Å². The molecule has 1 amide bonds. The molecule has 174 valence electrons. The Balaban J connectivity index is 1.75. The Morgan fingerprint density at radius 3 is 2.56 bits per heavy atom. The van der Waals surface area contributed by atoms with Gasteiger partial charge in [0.1, 0.15) is 16.9 Å². The molecule has 0 saturated carbocycles. The van der Waals surface area contributed by atoms with E-state index >= 15 is 0 Å². The number of pyridine rings is 2. The van der Waals surface area contributed by atoms with Crippen molar-refractivity contribution >= 4 is 26.8 Å². The minimum Gasteiger partial charge on any atom is -0.505 e. The highest BCUT2D eigenvalue weighted by atomic mass is 32.2. The van der Waals surface area contributed by atoms with Crippen LogP contribution in [-0.2, 0) is 22.9 Å². The third-order valence-corrected chi connectivity index (χ3v) is 6.45. The number of fused-ring (bicyclic) bond motifs is 1. The third kappa shape index (κ3) is 4.53. The SMILES string of the molecule is CS(=O)(=O)c1cc(F)ccc1CNC(=O)c1c(O)c2ncccc2n(Cc2ccccc2)c1=O. The van der Waals surface area contributed by atoms with Crippen molar-refractivity contribution in [2.45, 2.75) is 18.0 Å². The van der Waals surface area contributed by atoms with Crippen molar-refractivity contribution in [1.82, 2.24) is 14.9 Å². The molecule has 0 atom stereocenters. The Kier molecular flexibility index (Phi) is 6.16. The fourth-order valence-corrected chi connectivity index (χ4v) is 4.62. The minimum absolute atomic E-state index is 0.0711. The molecular weight excluding hydrogens is 461 g/mol. The van der Waals surface area contributed by atoms with Crippen molar-refractivity contribution < 1.29 is 22.7 Å². The first-order valence-electron chi connectivity index (χ1n) is 10.2. The molecule has 2 heterocycles. The Morgan fingerprint density at radius 2 is 1.85 bits per heavy atom. The number of carbonyl (C=O) groups excluding carboxylic acids is 1. The fourth-order valence-electron chi connectivity index (χ4n) is 3.67. The van der Waals surface area contributed by atoms with Gasteiger partial charge in [-0.1, -0.05) is 36.4 Å². The van der Waals surface area contributed by atoms with Crippen LogP contribution in [0.25, 0.3) is 11.0 Å². The molecule has 34 heavy (non-hydrogen) atoms. The van der Waals surface area contributed by atoms with Gasteiger partial charge in [-0.15, -0.1) is 0 Å². The summed E-state index contributed by atoms with van der Waals surface area (Å²) in [6.45, 7) is -0.169. The number of nitrogens with zero attached hydrogens (tertiary/aromatic N) is 2. The summed E-state index contributed by atoms with van der Waals surface area (Å²) in [6, 6.07) is 15.5. The number of aromatic nitrogens is 2. The van der Waals surface area contributed by atoms with E-state index in [9.17, 15) is 27.5 Å². The molecule has 0 aliphatic rings. The lowest BCUT2D eigenvalue weighted by molar-refractivity contribution is 0.0946. The van der Waals surface area contributed by atoms with Gasteiger partial charge in [0, 0.05) is 19.0 Å². The fraction of sp³-hybridized carbons (Fsp3) is 0.125.